The number of nitro benzene ring substituents is 1. The van der Waals surface area contributed by atoms with Gasteiger partial charge in [-0.05, 0) is 40.6 Å². The molecule has 0 fully saturated rings. The van der Waals surface area contributed by atoms with Gasteiger partial charge in [0.2, 0.25) is 0 Å². The number of amides is 1. The van der Waals surface area contributed by atoms with Crippen molar-refractivity contribution in [3.63, 3.8) is 0 Å². The fourth-order valence-electron chi connectivity index (χ4n) is 3.93. The maximum atomic E-state index is 12.8. The molecule has 0 aliphatic heterocycles. The summed E-state index contributed by atoms with van der Waals surface area (Å²) in [6.07, 6.45) is 3.67. The van der Waals surface area contributed by atoms with Crippen molar-refractivity contribution in [3.8, 4) is 17.4 Å². The Labute approximate surface area is 225 Å². The third kappa shape index (κ3) is 5.32. The summed E-state index contributed by atoms with van der Waals surface area (Å²) in [6.45, 7) is 0. The van der Waals surface area contributed by atoms with Crippen LogP contribution in [0.15, 0.2) is 89.0 Å². The zero-order valence-electron chi connectivity index (χ0n) is 19.6. The highest BCUT2D eigenvalue weighted by Crippen LogP contribution is 2.32. The number of hydrogen-bond donors (Lipinski definition) is 1. The van der Waals surface area contributed by atoms with Crippen LogP contribution in [0.25, 0.3) is 28.2 Å². The molecule has 0 atom stereocenters. The molecule has 0 bridgehead atoms. The Hall–Kier alpha value is -4.78. The van der Waals surface area contributed by atoms with E-state index in [9.17, 15) is 20.2 Å². The first-order chi connectivity index (χ1) is 18.4. The summed E-state index contributed by atoms with van der Waals surface area (Å²) >= 11 is 7.21. The summed E-state index contributed by atoms with van der Waals surface area (Å²) < 4.78 is 5.70. The number of rotatable bonds is 7. The van der Waals surface area contributed by atoms with Gasteiger partial charge in [-0.15, -0.1) is 11.3 Å². The smallest absolute Gasteiger partial charge is 0.288 e. The number of thiazole rings is 1. The summed E-state index contributed by atoms with van der Waals surface area (Å²) in [5.41, 5.74) is 1.16. The molecule has 0 unspecified atom stereocenters. The highest BCUT2D eigenvalue weighted by molar-refractivity contribution is 7.15. The van der Waals surface area contributed by atoms with E-state index in [0.29, 0.717) is 22.9 Å². The van der Waals surface area contributed by atoms with Gasteiger partial charge in [-0.1, -0.05) is 54.1 Å². The van der Waals surface area contributed by atoms with Crippen LogP contribution < -0.4 is 5.32 Å². The number of carbonyl (C=O) groups is 1. The summed E-state index contributed by atoms with van der Waals surface area (Å²) in [5.74, 6) is -0.0644. The predicted octanol–water partition coefficient (Wildman–Crippen LogP) is 7.25. The van der Waals surface area contributed by atoms with E-state index in [0.717, 1.165) is 21.2 Å². The maximum absolute atomic E-state index is 12.8. The number of nitrogens with zero attached hydrogens (tertiary/aromatic N) is 3. The van der Waals surface area contributed by atoms with Crippen molar-refractivity contribution in [3.05, 3.63) is 116 Å². The van der Waals surface area contributed by atoms with Crippen LogP contribution >= 0.6 is 22.9 Å². The van der Waals surface area contributed by atoms with Crippen molar-refractivity contribution in [2.75, 3.05) is 5.32 Å². The number of nitrogens with one attached hydrogen (secondary N) is 1. The molecular formula is C28H17ClN4O4S. The van der Waals surface area contributed by atoms with E-state index >= 15 is 0 Å². The molecule has 0 saturated heterocycles. The van der Waals surface area contributed by atoms with Gasteiger partial charge in [-0.2, -0.15) is 5.26 Å². The molecule has 3 aromatic carbocycles. The van der Waals surface area contributed by atoms with Crippen molar-refractivity contribution in [1.82, 2.24) is 4.98 Å². The Balaban J connectivity index is 1.30. The summed E-state index contributed by atoms with van der Waals surface area (Å²) in [4.78, 5) is 28.6. The number of carbonyl (C=O) groups excluding carboxylic acids is 1. The minimum Gasteiger partial charge on any atom is -0.457 e. The second kappa shape index (κ2) is 10.7. The lowest BCUT2D eigenvalue weighted by molar-refractivity contribution is -0.384. The lowest BCUT2D eigenvalue weighted by Crippen LogP contribution is -2.13. The van der Waals surface area contributed by atoms with Crippen molar-refractivity contribution in [2.24, 2.45) is 0 Å². The largest absolute Gasteiger partial charge is 0.457 e. The van der Waals surface area contributed by atoms with Gasteiger partial charge in [0, 0.05) is 35.2 Å². The quantitative estimate of drug-likeness (QED) is 0.100. The minimum atomic E-state index is -0.626. The fraction of sp³-hybridized carbons (Fsp3) is 0.0357. The summed E-state index contributed by atoms with van der Waals surface area (Å²) in [5, 5.41) is 26.1. The van der Waals surface area contributed by atoms with Crippen LogP contribution in [-0.4, -0.2) is 15.8 Å². The van der Waals surface area contributed by atoms with Gasteiger partial charge in [0.15, 0.2) is 5.13 Å². The van der Waals surface area contributed by atoms with Gasteiger partial charge in [0.1, 0.15) is 28.2 Å². The number of fused-ring (bicyclic) bond motifs is 1. The maximum Gasteiger partial charge on any atom is 0.288 e. The third-order valence-corrected chi connectivity index (χ3v) is 6.96. The predicted molar refractivity (Wildman–Crippen MR) is 147 cm³/mol. The first-order valence-electron chi connectivity index (χ1n) is 11.3. The highest BCUT2D eigenvalue weighted by atomic mass is 35.5. The number of furan rings is 1. The number of benzene rings is 3. The lowest BCUT2D eigenvalue weighted by atomic mass is 10.0. The van der Waals surface area contributed by atoms with E-state index in [1.165, 1.54) is 29.5 Å². The van der Waals surface area contributed by atoms with Crippen LogP contribution in [0.1, 0.15) is 16.2 Å². The van der Waals surface area contributed by atoms with E-state index in [4.69, 9.17) is 16.0 Å². The molecular weight excluding hydrogens is 524 g/mol. The van der Waals surface area contributed by atoms with Crippen molar-refractivity contribution in [1.29, 1.82) is 5.26 Å². The summed E-state index contributed by atoms with van der Waals surface area (Å²) in [6, 6.07) is 23.6. The number of anilines is 1. The van der Waals surface area contributed by atoms with E-state index < -0.39 is 10.8 Å². The normalized spacial score (nSPS) is 11.3. The average Bonchev–Trinajstić information content (AvgIpc) is 3.57. The molecule has 1 N–H and O–H groups in total. The molecule has 0 aliphatic carbocycles. The molecule has 38 heavy (non-hydrogen) atoms. The van der Waals surface area contributed by atoms with Gasteiger partial charge in [-0.25, -0.2) is 4.98 Å². The zero-order chi connectivity index (χ0) is 26.6. The Morgan fingerprint density at radius 1 is 1.16 bits per heavy atom. The van der Waals surface area contributed by atoms with Crippen molar-refractivity contribution in [2.45, 2.75) is 6.42 Å². The molecule has 2 aromatic heterocycles. The van der Waals surface area contributed by atoms with Crippen molar-refractivity contribution < 1.29 is 14.1 Å². The van der Waals surface area contributed by atoms with Crippen molar-refractivity contribution >= 4 is 56.5 Å². The lowest BCUT2D eigenvalue weighted by Gasteiger charge is -2.04. The molecule has 5 rings (SSSR count). The number of aromatic nitrogens is 1. The molecule has 2 heterocycles. The van der Waals surface area contributed by atoms with Gasteiger partial charge in [0.25, 0.3) is 11.6 Å². The van der Waals surface area contributed by atoms with E-state index in [1.54, 1.807) is 24.4 Å². The Morgan fingerprint density at radius 2 is 1.97 bits per heavy atom. The SMILES string of the molecule is N#C/C(=C\c1ccc(-c2ccc(Cl)c([N+](=O)[O-])c2)o1)C(=O)Nc1ncc(Cc2cccc3ccccc23)s1. The van der Waals surface area contributed by atoms with E-state index in [-0.39, 0.29) is 22.0 Å². The number of nitro groups is 1. The van der Waals surface area contributed by atoms with Gasteiger partial charge in [-0.3, -0.25) is 20.2 Å². The zero-order valence-corrected chi connectivity index (χ0v) is 21.1. The Morgan fingerprint density at radius 3 is 2.79 bits per heavy atom. The molecule has 0 aliphatic rings. The topological polar surface area (TPSA) is 122 Å². The molecule has 1 amide bonds. The van der Waals surface area contributed by atoms with Crippen LogP contribution in [0, 0.1) is 21.4 Å². The van der Waals surface area contributed by atoms with E-state index in [2.05, 4.69) is 34.6 Å². The number of halogens is 1. The number of nitriles is 1. The average molecular weight is 541 g/mol. The van der Waals surface area contributed by atoms with Gasteiger partial charge in [0.05, 0.1) is 4.92 Å². The molecule has 10 heteroatoms. The van der Waals surface area contributed by atoms with Crippen LogP contribution in [0.5, 0.6) is 0 Å². The standard InChI is InChI=1S/C28H17ClN4O4S/c29-24-10-8-19(14-25(24)33(35)36)26-11-9-21(37-26)12-20(15-30)27(34)32-28-31-16-22(38-28)13-18-6-3-5-17-4-1-2-7-23(17)18/h1-12,14,16H,13H2,(H,31,32,34)/b20-12+. The molecule has 0 radical (unpaired) electrons. The molecule has 0 saturated carbocycles. The van der Waals surface area contributed by atoms with E-state index in [1.807, 2.05) is 24.3 Å². The first kappa shape index (κ1) is 24.9. The van der Waals surface area contributed by atoms with Crippen LogP contribution in [-0.2, 0) is 11.2 Å². The van der Waals surface area contributed by atoms with Crippen LogP contribution in [0.4, 0.5) is 10.8 Å². The number of hydrogen-bond acceptors (Lipinski definition) is 7. The molecule has 8 nitrogen and oxygen atoms in total. The minimum absolute atomic E-state index is 0.0105. The van der Waals surface area contributed by atoms with Gasteiger partial charge >= 0.3 is 0 Å². The second-order valence-electron chi connectivity index (χ2n) is 8.20. The fourth-order valence-corrected chi connectivity index (χ4v) is 4.95. The second-order valence-corrected chi connectivity index (χ2v) is 9.72. The third-order valence-electron chi connectivity index (χ3n) is 5.72. The monoisotopic (exact) mass is 540 g/mol. The molecule has 0 spiro atoms. The van der Waals surface area contributed by atoms with Gasteiger partial charge < -0.3 is 4.42 Å². The Bertz CT molecular complexity index is 1760. The Kier molecular flexibility index (Phi) is 7.00. The summed E-state index contributed by atoms with van der Waals surface area (Å²) in [7, 11) is 0. The van der Waals surface area contributed by atoms with Crippen LogP contribution in [0.3, 0.4) is 0 Å². The van der Waals surface area contributed by atoms with Crippen LogP contribution in [0.2, 0.25) is 5.02 Å². The highest BCUT2D eigenvalue weighted by Gasteiger charge is 2.17. The molecule has 5 aromatic rings. The first-order valence-corrected chi connectivity index (χ1v) is 12.5. The molecule has 186 valence electrons.